The van der Waals surface area contributed by atoms with Gasteiger partial charge in [-0.2, -0.15) is 5.10 Å². The van der Waals surface area contributed by atoms with Crippen molar-refractivity contribution in [2.24, 2.45) is 5.10 Å². The van der Waals surface area contributed by atoms with E-state index >= 15 is 0 Å². The Bertz CT molecular complexity index is 1040. The Balaban J connectivity index is 1.55. The van der Waals surface area contributed by atoms with Crippen LogP contribution >= 0.6 is 0 Å². The molecule has 0 saturated carbocycles. The molecule has 0 aliphatic carbocycles. The molecule has 1 amide bonds. The number of methoxy groups -OCH3 is 1. The van der Waals surface area contributed by atoms with Crippen molar-refractivity contribution in [2.45, 2.75) is 12.5 Å². The van der Waals surface area contributed by atoms with Gasteiger partial charge < -0.3 is 13.9 Å². The maximum absolute atomic E-state index is 12.9. The van der Waals surface area contributed by atoms with Crippen molar-refractivity contribution in [3.05, 3.63) is 89.9 Å². The minimum Gasteiger partial charge on any atom is -0.497 e. The van der Waals surface area contributed by atoms with Crippen molar-refractivity contribution in [3.8, 4) is 5.75 Å². The van der Waals surface area contributed by atoms with Gasteiger partial charge in [0.1, 0.15) is 5.75 Å². The van der Waals surface area contributed by atoms with Gasteiger partial charge in [0, 0.05) is 6.42 Å². The lowest BCUT2D eigenvalue weighted by atomic mass is 9.98. The molecule has 152 valence electrons. The highest BCUT2D eigenvalue weighted by molar-refractivity contribution is 6.03. The number of esters is 1. The fourth-order valence-corrected chi connectivity index (χ4v) is 3.29. The van der Waals surface area contributed by atoms with Crippen LogP contribution in [0.25, 0.3) is 0 Å². The number of nitrogens with zero attached hydrogens (tertiary/aromatic N) is 2. The Morgan fingerprint density at radius 3 is 2.50 bits per heavy atom. The first kappa shape index (κ1) is 19.4. The van der Waals surface area contributed by atoms with Crippen molar-refractivity contribution in [1.29, 1.82) is 0 Å². The van der Waals surface area contributed by atoms with Crippen LogP contribution in [-0.4, -0.2) is 36.3 Å². The molecule has 3 aromatic rings. The van der Waals surface area contributed by atoms with Crippen LogP contribution in [-0.2, 0) is 9.53 Å². The lowest BCUT2D eigenvalue weighted by Gasteiger charge is -2.22. The Hall–Kier alpha value is -3.87. The van der Waals surface area contributed by atoms with Crippen LogP contribution < -0.4 is 4.74 Å². The van der Waals surface area contributed by atoms with Gasteiger partial charge in [0.15, 0.2) is 6.61 Å². The smallest absolute Gasteiger partial charge is 0.374 e. The first-order chi connectivity index (χ1) is 14.7. The van der Waals surface area contributed by atoms with Crippen LogP contribution in [0.3, 0.4) is 0 Å². The summed E-state index contributed by atoms with van der Waals surface area (Å²) >= 11 is 0. The number of carbonyl (C=O) groups is 2. The molecule has 0 saturated heterocycles. The van der Waals surface area contributed by atoms with Crippen LogP contribution in [0.1, 0.15) is 34.1 Å². The van der Waals surface area contributed by atoms with Gasteiger partial charge >= 0.3 is 5.97 Å². The Morgan fingerprint density at radius 2 is 1.83 bits per heavy atom. The summed E-state index contributed by atoms with van der Waals surface area (Å²) in [7, 11) is 1.60. The van der Waals surface area contributed by atoms with Gasteiger partial charge in [-0.15, -0.1) is 0 Å². The highest BCUT2D eigenvalue weighted by atomic mass is 16.5. The van der Waals surface area contributed by atoms with E-state index in [1.54, 1.807) is 13.2 Å². The maximum atomic E-state index is 12.9. The third-order valence-corrected chi connectivity index (χ3v) is 4.82. The molecule has 7 heteroatoms. The number of amides is 1. The summed E-state index contributed by atoms with van der Waals surface area (Å²) in [6.07, 6.45) is 1.92. The second-order valence-electron chi connectivity index (χ2n) is 6.70. The summed E-state index contributed by atoms with van der Waals surface area (Å²) in [6, 6.07) is 19.9. The van der Waals surface area contributed by atoms with Crippen molar-refractivity contribution in [3.63, 3.8) is 0 Å². The van der Waals surface area contributed by atoms with E-state index in [0.29, 0.717) is 6.42 Å². The van der Waals surface area contributed by atoms with E-state index in [0.717, 1.165) is 22.6 Å². The Labute approximate surface area is 173 Å². The SMILES string of the molecule is COc1ccc(C2CC(c3ccccc3)=NN2C(=O)COC(=O)c2ccco2)cc1. The van der Waals surface area contributed by atoms with Crippen LogP contribution in [0.2, 0.25) is 0 Å². The molecule has 0 spiro atoms. The summed E-state index contributed by atoms with van der Waals surface area (Å²) in [4.78, 5) is 24.9. The first-order valence-electron chi connectivity index (χ1n) is 9.45. The van der Waals surface area contributed by atoms with Gasteiger partial charge in [0.25, 0.3) is 5.91 Å². The summed E-state index contributed by atoms with van der Waals surface area (Å²) in [6.45, 7) is -0.433. The molecule has 0 radical (unpaired) electrons. The zero-order chi connectivity index (χ0) is 20.9. The molecule has 2 aromatic carbocycles. The highest BCUT2D eigenvalue weighted by Crippen LogP contribution is 2.33. The van der Waals surface area contributed by atoms with Crippen molar-refractivity contribution >= 4 is 17.6 Å². The molecule has 7 nitrogen and oxygen atoms in total. The average Bonchev–Trinajstić information content (AvgIpc) is 3.48. The van der Waals surface area contributed by atoms with Crippen LogP contribution in [0.15, 0.2) is 82.5 Å². The number of carbonyl (C=O) groups excluding carboxylic acids is 2. The van der Waals surface area contributed by atoms with E-state index in [-0.39, 0.29) is 11.8 Å². The molecule has 1 aromatic heterocycles. The van der Waals surface area contributed by atoms with E-state index in [2.05, 4.69) is 5.10 Å². The standard InChI is InChI=1S/C23H20N2O5/c1-28-18-11-9-17(10-12-18)20-14-19(16-6-3-2-4-7-16)24-25(20)22(26)15-30-23(27)21-8-5-13-29-21/h2-13,20H,14-15H2,1H3. The van der Waals surface area contributed by atoms with Crippen LogP contribution in [0.5, 0.6) is 5.75 Å². The van der Waals surface area contributed by atoms with Crippen LogP contribution in [0, 0.1) is 0 Å². The van der Waals surface area contributed by atoms with Gasteiger partial charge in [-0.1, -0.05) is 42.5 Å². The average molecular weight is 404 g/mol. The molecule has 0 N–H and O–H groups in total. The molecule has 1 aliphatic rings. The Morgan fingerprint density at radius 1 is 1.07 bits per heavy atom. The third kappa shape index (κ3) is 4.10. The van der Waals surface area contributed by atoms with E-state index in [4.69, 9.17) is 13.9 Å². The predicted octanol–water partition coefficient (Wildman–Crippen LogP) is 3.82. The maximum Gasteiger partial charge on any atom is 0.374 e. The van der Waals surface area contributed by atoms with Gasteiger partial charge in [-0.05, 0) is 35.4 Å². The number of benzene rings is 2. The van der Waals surface area contributed by atoms with E-state index in [1.165, 1.54) is 17.3 Å². The van der Waals surface area contributed by atoms with E-state index < -0.39 is 18.5 Å². The number of rotatable bonds is 6. The molecular weight excluding hydrogens is 384 g/mol. The summed E-state index contributed by atoms with van der Waals surface area (Å²) < 4.78 is 15.3. The third-order valence-electron chi connectivity index (χ3n) is 4.82. The number of hydrogen-bond donors (Lipinski definition) is 0. The van der Waals surface area contributed by atoms with Crippen molar-refractivity contribution in [2.75, 3.05) is 13.7 Å². The summed E-state index contributed by atoms with van der Waals surface area (Å²) in [5.41, 5.74) is 2.65. The lowest BCUT2D eigenvalue weighted by molar-refractivity contribution is -0.136. The number of furan rings is 1. The highest BCUT2D eigenvalue weighted by Gasteiger charge is 2.33. The minimum atomic E-state index is -0.694. The predicted molar refractivity (Wildman–Crippen MR) is 109 cm³/mol. The summed E-state index contributed by atoms with van der Waals surface area (Å²) in [5.74, 6) is -0.335. The molecule has 1 unspecified atom stereocenters. The van der Waals surface area contributed by atoms with Gasteiger partial charge in [0.05, 0.1) is 25.1 Å². The van der Waals surface area contributed by atoms with Gasteiger partial charge in [0.2, 0.25) is 5.76 Å². The van der Waals surface area contributed by atoms with Gasteiger partial charge in [-0.25, -0.2) is 9.80 Å². The zero-order valence-electron chi connectivity index (χ0n) is 16.4. The van der Waals surface area contributed by atoms with E-state index in [9.17, 15) is 9.59 Å². The molecule has 2 heterocycles. The second kappa shape index (κ2) is 8.65. The zero-order valence-corrected chi connectivity index (χ0v) is 16.4. The van der Waals surface area contributed by atoms with Crippen molar-refractivity contribution < 1.29 is 23.5 Å². The fraction of sp³-hybridized carbons (Fsp3) is 0.174. The number of ether oxygens (including phenoxy) is 2. The number of hydrazone groups is 1. The molecular formula is C23H20N2O5. The van der Waals surface area contributed by atoms with Crippen LogP contribution in [0.4, 0.5) is 0 Å². The molecule has 0 fully saturated rings. The lowest BCUT2D eigenvalue weighted by Crippen LogP contribution is -2.31. The molecule has 4 rings (SSSR count). The number of hydrogen-bond acceptors (Lipinski definition) is 6. The van der Waals surface area contributed by atoms with Gasteiger partial charge in [-0.3, -0.25) is 4.79 Å². The summed E-state index contributed by atoms with van der Waals surface area (Å²) in [5, 5.41) is 5.94. The topological polar surface area (TPSA) is 81.3 Å². The second-order valence-corrected chi connectivity index (χ2v) is 6.70. The molecule has 1 aliphatic heterocycles. The quantitative estimate of drug-likeness (QED) is 0.584. The minimum absolute atomic E-state index is 0.0457. The normalized spacial score (nSPS) is 15.6. The molecule has 30 heavy (non-hydrogen) atoms. The monoisotopic (exact) mass is 404 g/mol. The van der Waals surface area contributed by atoms with Crippen molar-refractivity contribution in [1.82, 2.24) is 5.01 Å². The largest absolute Gasteiger partial charge is 0.497 e. The fourth-order valence-electron chi connectivity index (χ4n) is 3.29. The Kier molecular flexibility index (Phi) is 5.61. The molecule has 0 bridgehead atoms. The first-order valence-corrected chi connectivity index (χ1v) is 9.45. The van der Waals surface area contributed by atoms with E-state index in [1.807, 2.05) is 54.6 Å². The molecule has 1 atom stereocenters.